The number of alkyl halides is 2. The molecule has 0 aliphatic carbocycles. The second-order valence-electron chi connectivity index (χ2n) is 1.76. The van der Waals surface area contributed by atoms with Crippen LogP contribution in [-0.4, -0.2) is 28.0 Å². The Morgan fingerprint density at radius 2 is 1.86 bits per heavy atom. The summed E-state index contributed by atoms with van der Waals surface area (Å²) in [6, 6.07) is 0. The topological polar surface area (TPSA) is 3.24 Å². The summed E-state index contributed by atoms with van der Waals surface area (Å²) in [6.45, 7) is 2.27. The maximum atomic E-state index is 2.31. The summed E-state index contributed by atoms with van der Waals surface area (Å²) in [5, 5.41) is 0. The molecular formula is C5H13IN-. The van der Waals surface area contributed by atoms with Gasteiger partial charge in [0.25, 0.3) is 0 Å². The molecule has 0 fully saturated rings. The Balaban J connectivity index is 3.14. The van der Waals surface area contributed by atoms with Crippen LogP contribution in [0, 0.1) is 0 Å². The molecule has 0 amide bonds. The van der Waals surface area contributed by atoms with Crippen LogP contribution in [0.15, 0.2) is 0 Å². The molecule has 1 unspecified atom stereocenters. The van der Waals surface area contributed by atoms with Gasteiger partial charge in [0, 0.05) is 0 Å². The van der Waals surface area contributed by atoms with E-state index >= 15 is 0 Å². The normalized spacial score (nSPS) is 15.6. The molecule has 1 atom stereocenters. The van der Waals surface area contributed by atoms with Gasteiger partial charge >= 0.3 is 56.1 Å². The first-order valence-electron chi connectivity index (χ1n) is 2.33. The molecule has 0 bridgehead atoms. The summed E-state index contributed by atoms with van der Waals surface area (Å²) in [5.41, 5.74) is 0. The fraction of sp³-hybridized carbons (Fsp3) is 1.00. The summed E-state index contributed by atoms with van der Waals surface area (Å²) in [4.78, 5) is 4.58. The van der Waals surface area contributed by atoms with Gasteiger partial charge in [-0.25, -0.2) is 0 Å². The summed E-state index contributed by atoms with van der Waals surface area (Å²) in [5.74, 6) is 0. The SMILES string of the molecule is C[I-]C(C)N(C)C. The van der Waals surface area contributed by atoms with Crippen molar-refractivity contribution in [3.63, 3.8) is 0 Å². The van der Waals surface area contributed by atoms with Crippen LogP contribution >= 0.6 is 0 Å². The van der Waals surface area contributed by atoms with Crippen molar-refractivity contribution in [2.24, 2.45) is 0 Å². The molecule has 7 heavy (non-hydrogen) atoms. The van der Waals surface area contributed by atoms with Gasteiger partial charge in [0.05, 0.1) is 0 Å². The Kier molecular flexibility index (Phi) is 4.02. The molecule has 0 saturated heterocycles. The van der Waals surface area contributed by atoms with Gasteiger partial charge < -0.3 is 0 Å². The van der Waals surface area contributed by atoms with Crippen molar-refractivity contribution in [3.05, 3.63) is 0 Å². The van der Waals surface area contributed by atoms with Gasteiger partial charge in [-0.3, -0.25) is 0 Å². The Hall–Kier alpha value is 0.690. The van der Waals surface area contributed by atoms with Crippen molar-refractivity contribution in [1.29, 1.82) is 0 Å². The van der Waals surface area contributed by atoms with Crippen molar-refractivity contribution >= 4 is 0 Å². The maximum absolute atomic E-state index is 2.31. The minimum atomic E-state index is 0.430. The third-order valence-corrected chi connectivity index (χ3v) is 3.94. The van der Waals surface area contributed by atoms with Crippen LogP contribution in [0.25, 0.3) is 0 Å². The van der Waals surface area contributed by atoms with E-state index in [4.69, 9.17) is 0 Å². The zero-order valence-electron chi connectivity index (χ0n) is 5.40. The second kappa shape index (κ2) is 3.66. The molecule has 1 nitrogen and oxygen atoms in total. The molecule has 0 aromatic heterocycles. The standard InChI is InChI=1S/C5H13IN/c1-5(6-2)7(3)4/h5H,1-4H3/q-1. The van der Waals surface area contributed by atoms with Crippen LogP contribution in [0.2, 0.25) is 0 Å². The fourth-order valence-corrected chi connectivity index (χ4v) is 1.31. The van der Waals surface area contributed by atoms with Gasteiger partial charge in [0.2, 0.25) is 0 Å². The van der Waals surface area contributed by atoms with Gasteiger partial charge in [-0.15, -0.1) is 0 Å². The van der Waals surface area contributed by atoms with E-state index in [1.54, 1.807) is 0 Å². The molecule has 0 saturated carbocycles. The van der Waals surface area contributed by atoms with Crippen LogP contribution in [-0.2, 0) is 0 Å². The van der Waals surface area contributed by atoms with Crippen molar-refractivity contribution < 1.29 is 21.2 Å². The molecule has 0 aliphatic heterocycles. The molecule has 0 aromatic rings. The van der Waals surface area contributed by atoms with E-state index in [0.717, 1.165) is 4.05 Å². The van der Waals surface area contributed by atoms with Crippen LogP contribution in [0.3, 0.4) is 0 Å². The first-order chi connectivity index (χ1) is 3.18. The van der Waals surface area contributed by atoms with Gasteiger partial charge in [0.1, 0.15) is 0 Å². The van der Waals surface area contributed by atoms with E-state index in [1.165, 1.54) is 0 Å². The molecule has 0 heterocycles. The first-order valence-corrected chi connectivity index (χ1v) is 5.73. The van der Waals surface area contributed by atoms with Crippen LogP contribution < -0.4 is 21.2 Å². The van der Waals surface area contributed by atoms with Crippen molar-refractivity contribution in [2.45, 2.75) is 11.0 Å². The molecule has 0 radical (unpaired) electrons. The van der Waals surface area contributed by atoms with Gasteiger partial charge in [-0.2, -0.15) is 0 Å². The number of hydrogen-bond donors (Lipinski definition) is 0. The van der Waals surface area contributed by atoms with Gasteiger partial charge in [-0.1, -0.05) is 0 Å². The average Bonchev–Trinajstić information content (AvgIpc) is 1.65. The van der Waals surface area contributed by atoms with E-state index in [0.29, 0.717) is 21.2 Å². The van der Waals surface area contributed by atoms with E-state index in [2.05, 4.69) is 30.8 Å². The van der Waals surface area contributed by atoms with Crippen LogP contribution in [0.4, 0.5) is 0 Å². The number of hydrogen-bond acceptors (Lipinski definition) is 1. The predicted octanol–water partition coefficient (Wildman–Crippen LogP) is -2.39. The van der Waals surface area contributed by atoms with E-state index in [-0.39, 0.29) is 0 Å². The number of halogens is 1. The third kappa shape index (κ3) is 3.29. The third-order valence-electron chi connectivity index (χ3n) is 1.03. The Morgan fingerprint density at radius 3 is 1.86 bits per heavy atom. The summed E-state index contributed by atoms with van der Waals surface area (Å²) < 4.78 is 0.846. The summed E-state index contributed by atoms with van der Waals surface area (Å²) in [6.07, 6.45) is 0. The first kappa shape index (κ1) is 7.69. The van der Waals surface area contributed by atoms with Crippen molar-refractivity contribution in [2.75, 3.05) is 19.0 Å². The molecule has 0 rings (SSSR count). The Morgan fingerprint density at radius 1 is 1.43 bits per heavy atom. The number of rotatable bonds is 2. The van der Waals surface area contributed by atoms with Crippen molar-refractivity contribution in [3.8, 4) is 0 Å². The van der Waals surface area contributed by atoms with E-state index in [9.17, 15) is 0 Å². The van der Waals surface area contributed by atoms with Gasteiger partial charge in [-0.05, 0) is 0 Å². The molecule has 0 aliphatic rings. The predicted molar refractivity (Wildman–Crippen MR) is 29.1 cm³/mol. The molecular weight excluding hydrogens is 201 g/mol. The minimum absolute atomic E-state index is 0.430. The van der Waals surface area contributed by atoms with E-state index < -0.39 is 0 Å². The van der Waals surface area contributed by atoms with Crippen LogP contribution in [0.5, 0.6) is 0 Å². The zero-order valence-corrected chi connectivity index (χ0v) is 7.56. The second-order valence-corrected chi connectivity index (χ2v) is 4.80. The van der Waals surface area contributed by atoms with Gasteiger partial charge in [0.15, 0.2) is 0 Å². The number of nitrogens with zero attached hydrogens (tertiary/aromatic N) is 1. The molecule has 0 spiro atoms. The Labute approximate surface area is 56.3 Å². The summed E-state index contributed by atoms with van der Waals surface area (Å²) in [7, 11) is 4.27. The quantitative estimate of drug-likeness (QED) is 0.282. The average molecular weight is 214 g/mol. The molecule has 0 N–H and O–H groups in total. The monoisotopic (exact) mass is 214 g/mol. The van der Waals surface area contributed by atoms with Crippen molar-refractivity contribution in [1.82, 2.24) is 4.90 Å². The molecule has 0 aromatic carbocycles. The molecule has 46 valence electrons. The van der Waals surface area contributed by atoms with Crippen LogP contribution in [0.1, 0.15) is 6.92 Å². The molecule has 2 heteroatoms. The zero-order chi connectivity index (χ0) is 5.86. The fourth-order valence-electron chi connectivity index (χ4n) is 0.195. The van der Waals surface area contributed by atoms with E-state index in [1.807, 2.05) is 0 Å². The Bertz CT molecular complexity index is 45.3. The summed E-state index contributed by atoms with van der Waals surface area (Å²) >= 11 is 0.430.